The Balaban J connectivity index is 1.68. The summed E-state index contributed by atoms with van der Waals surface area (Å²) >= 11 is 0. The van der Waals surface area contributed by atoms with Crippen LogP contribution in [-0.4, -0.2) is 29.8 Å². The van der Waals surface area contributed by atoms with E-state index in [0.717, 1.165) is 32.5 Å². The molecule has 3 rings (SSSR count). The zero-order valence-electron chi connectivity index (χ0n) is 12.6. The molecule has 0 amide bonds. The van der Waals surface area contributed by atoms with Crippen molar-refractivity contribution in [1.29, 1.82) is 0 Å². The van der Waals surface area contributed by atoms with E-state index in [1.807, 2.05) is 6.33 Å². The van der Waals surface area contributed by atoms with Gasteiger partial charge in [0.05, 0.1) is 18.6 Å². The van der Waals surface area contributed by atoms with E-state index in [0.29, 0.717) is 0 Å². The summed E-state index contributed by atoms with van der Waals surface area (Å²) in [4.78, 5) is 4.56. The van der Waals surface area contributed by atoms with Gasteiger partial charge in [0, 0.05) is 31.6 Å². The highest BCUT2D eigenvalue weighted by molar-refractivity contribution is 5.38. The van der Waals surface area contributed by atoms with Gasteiger partial charge < -0.3 is 14.6 Å². The van der Waals surface area contributed by atoms with Crippen LogP contribution in [0.5, 0.6) is 0 Å². The van der Waals surface area contributed by atoms with Crippen molar-refractivity contribution >= 4 is 0 Å². The van der Waals surface area contributed by atoms with Gasteiger partial charge in [0.1, 0.15) is 0 Å². The smallest absolute Gasteiger partial charge is 0.0997 e. The molecule has 1 aliphatic rings. The first-order valence-electron chi connectivity index (χ1n) is 7.72. The summed E-state index contributed by atoms with van der Waals surface area (Å²) in [6, 6.07) is 8.74. The first-order chi connectivity index (χ1) is 10.4. The summed E-state index contributed by atoms with van der Waals surface area (Å²) in [5.41, 5.74) is 5.19. The Morgan fingerprint density at radius 1 is 1.19 bits per heavy atom. The maximum absolute atomic E-state index is 5.03. The Morgan fingerprint density at radius 2 is 2.00 bits per heavy atom. The number of aryl methyl sites for hydroxylation is 1. The molecule has 0 saturated heterocycles. The van der Waals surface area contributed by atoms with Crippen molar-refractivity contribution in [2.45, 2.75) is 32.2 Å². The molecular weight excluding hydrogens is 262 g/mol. The van der Waals surface area contributed by atoms with E-state index in [4.69, 9.17) is 4.74 Å². The van der Waals surface area contributed by atoms with Gasteiger partial charge in [-0.1, -0.05) is 12.1 Å². The summed E-state index contributed by atoms with van der Waals surface area (Å²) in [6.45, 7) is 2.51. The van der Waals surface area contributed by atoms with Gasteiger partial charge in [-0.3, -0.25) is 0 Å². The number of nitrogens with one attached hydrogen (secondary N) is 1. The highest BCUT2D eigenvalue weighted by Gasteiger charge is 2.15. The fourth-order valence-corrected chi connectivity index (χ4v) is 2.87. The number of fused-ring (bicyclic) bond motifs is 1. The summed E-state index contributed by atoms with van der Waals surface area (Å²) in [7, 11) is 1.72. The van der Waals surface area contributed by atoms with Crippen LogP contribution < -0.4 is 5.32 Å². The second kappa shape index (κ2) is 6.87. The molecule has 1 aliphatic carbocycles. The van der Waals surface area contributed by atoms with Crippen LogP contribution >= 0.6 is 0 Å². The quantitative estimate of drug-likeness (QED) is 0.829. The third-order valence-corrected chi connectivity index (χ3v) is 4.06. The van der Waals surface area contributed by atoms with Gasteiger partial charge in [0.15, 0.2) is 0 Å². The van der Waals surface area contributed by atoms with E-state index in [2.05, 4.69) is 39.1 Å². The molecule has 0 spiro atoms. The van der Waals surface area contributed by atoms with Crippen molar-refractivity contribution in [3.8, 4) is 5.69 Å². The predicted molar refractivity (Wildman–Crippen MR) is 83.8 cm³/mol. The molecule has 112 valence electrons. The molecule has 0 aliphatic heterocycles. The van der Waals surface area contributed by atoms with Crippen LogP contribution in [0.3, 0.4) is 0 Å². The molecule has 1 aromatic carbocycles. The average molecular weight is 285 g/mol. The zero-order valence-corrected chi connectivity index (χ0v) is 12.6. The molecule has 1 heterocycles. The molecule has 1 N–H and O–H groups in total. The minimum Gasteiger partial charge on any atom is -0.383 e. The summed E-state index contributed by atoms with van der Waals surface area (Å²) in [6.07, 6.45) is 6.80. The van der Waals surface area contributed by atoms with Crippen molar-refractivity contribution < 1.29 is 4.74 Å². The summed E-state index contributed by atoms with van der Waals surface area (Å²) < 4.78 is 7.27. The van der Waals surface area contributed by atoms with E-state index >= 15 is 0 Å². The van der Waals surface area contributed by atoms with Crippen molar-refractivity contribution in [3.05, 3.63) is 47.5 Å². The van der Waals surface area contributed by atoms with Crippen LogP contribution in [0.4, 0.5) is 0 Å². The minimum absolute atomic E-state index is 0.749. The van der Waals surface area contributed by atoms with Crippen LogP contribution in [0.1, 0.15) is 29.8 Å². The molecule has 0 saturated carbocycles. The SMILES string of the molecule is COCCNCc1ccc(-n2cnc3c2CCCC3)cc1. The third kappa shape index (κ3) is 3.34. The molecule has 2 aromatic rings. The average Bonchev–Trinajstić information content (AvgIpc) is 2.96. The van der Waals surface area contributed by atoms with Crippen LogP contribution in [0.2, 0.25) is 0 Å². The molecule has 1 aromatic heterocycles. The Bertz CT molecular complexity index is 574. The summed E-state index contributed by atoms with van der Waals surface area (Å²) in [5.74, 6) is 0. The van der Waals surface area contributed by atoms with E-state index in [1.54, 1.807) is 7.11 Å². The maximum atomic E-state index is 5.03. The lowest BCUT2D eigenvalue weighted by Gasteiger charge is -2.14. The van der Waals surface area contributed by atoms with Crippen LogP contribution in [0, 0.1) is 0 Å². The lowest BCUT2D eigenvalue weighted by molar-refractivity contribution is 0.199. The Hall–Kier alpha value is -1.65. The van der Waals surface area contributed by atoms with E-state index in [9.17, 15) is 0 Å². The van der Waals surface area contributed by atoms with E-state index < -0.39 is 0 Å². The number of aromatic nitrogens is 2. The summed E-state index contributed by atoms with van der Waals surface area (Å²) in [5, 5.41) is 3.36. The van der Waals surface area contributed by atoms with Crippen molar-refractivity contribution in [1.82, 2.24) is 14.9 Å². The number of hydrogen-bond acceptors (Lipinski definition) is 3. The standard InChI is InChI=1S/C17H23N3O/c1-21-11-10-18-12-14-6-8-15(9-7-14)20-13-19-16-4-2-3-5-17(16)20/h6-9,13,18H,2-5,10-12H2,1H3. The van der Waals surface area contributed by atoms with Gasteiger partial charge in [-0.05, 0) is 43.4 Å². The molecule has 0 atom stereocenters. The van der Waals surface area contributed by atoms with Crippen molar-refractivity contribution in [2.24, 2.45) is 0 Å². The minimum atomic E-state index is 0.749. The number of hydrogen-bond donors (Lipinski definition) is 1. The van der Waals surface area contributed by atoms with Gasteiger partial charge in [-0.25, -0.2) is 4.98 Å². The number of nitrogens with zero attached hydrogens (tertiary/aromatic N) is 2. The largest absolute Gasteiger partial charge is 0.383 e. The van der Waals surface area contributed by atoms with Crippen molar-refractivity contribution in [3.63, 3.8) is 0 Å². The van der Waals surface area contributed by atoms with Crippen LogP contribution in [0.15, 0.2) is 30.6 Å². The van der Waals surface area contributed by atoms with Crippen molar-refractivity contribution in [2.75, 3.05) is 20.3 Å². The lowest BCUT2D eigenvalue weighted by atomic mass is 10.0. The van der Waals surface area contributed by atoms with Crippen LogP contribution in [0.25, 0.3) is 5.69 Å². The first kappa shape index (κ1) is 14.3. The van der Waals surface area contributed by atoms with Gasteiger partial charge in [-0.15, -0.1) is 0 Å². The Morgan fingerprint density at radius 3 is 2.81 bits per heavy atom. The molecule has 0 fully saturated rings. The molecule has 4 heteroatoms. The van der Waals surface area contributed by atoms with Gasteiger partial charge in [0.2, 0.25) is 0 Å². The molecule has 0 unspecified atom stereocenters. The van der Waals surface area contributed by atoms with E-state index in [-0.39, 0.29) is 0 Å². The highest BCUT2D eigenvalue weighted by atomic mass is 16.5. The fraction of sp³-hybridized carbons (Fsp3) is 0.471. The zero-order chi connectivity index (χ0) is 14.5. The molecule has 0 bridgehead atoms. The predicted octanol–water partition coefficient (Wildman–Crippen LogP) is 2.49. The number of methoxy groups -OCH3 is 1. The lowest BCUT2D eigenvalue weighted by Crippen LogP contribution is -2.18. The third-order valence-electron chi connectivity index (χ3n) is 4.06. The number of imidazole rings is 1. The number of rotatable bonds is 6. The first-order valence-corrected chi connectivity index (χ1v) is 7.72. The topological polar surface area (TPSA) is 39.1 Å². The second-order valence-corrected chi connectivity index (χ2v) is 5.55. The fourth-order valence-electron chi connectivity index (χ4n) is 2.87. The van der Waals surface area contributed by atoms with Crippen LogP contribution in [-0.2, 0) is 24.1 Å². The van der Waals surface area contributed by atoms with E-state index in [1.165, 1.54) is 35.5 Å². The second-order valence-electron chi connectivity index (χ2n) is 5.55. The maximum Gasteiger partial charge on any atom is 0.0997 e. The molecule has 0 radical (unpaired) electrons. The highest BCUT2D eigenvalue weighted by Crippen LogP contribution is 2.23. The monoisotopic (exact) mass is 285 g/mol. The van der Waals surface area contributed by atoms with Gasteiger partial charge >= 0.3 is 0 Å². The van der Waals surface area contributed by atoms with Gasteiger partial charge in [0.25, 0.3) is 0 Å². The number of benzene rings is 1. The van der Waals surface area contributed by atoms with Gasteiger partial charge in [-0.2, -0.15) is 0 Å². The number of ether oxygens (including phenoxy) is 1. The normalized spacial score (nSPS) is 14.1. The molecular formula is C17H23N3O. The molecule has 21 heavy (non-hydrogen) atoms. The molecule has 4 nitrogen and oxygen atoms in total. The Labute approximate surface area is 126 Å². The Kier molecular flexibility index (Phi) is 4.68.